The Bertz CT molecular complexity index is 167. The first-order chi connectivity index (χ1) is 4.92. The predicted octanol–water partition coefficient (Wildman–Crippen LogP) is 0.0135. The number of aldehydes is 1. The molecule has 0 rings (SSSR count). The van der Waals surface area contributed by atoms with Crippen molar-refractivity contribution in [2.45, 2.75) is 25.8 Å². The maximum Gasteiger partial charge on any atom is 0.331 e. The number of rotatable bonds is 4. The average molecular weight is 159 g/mol. The smallest absolute Gasteiger partial charge is 0.331 e. The lowest BCUT2D eigenvalue weighted by atomic mass is 9.91. The molecule has 1 atom stereocenters. The lowest BCUT2D eigenvalue weighted by Crippen LogP contribution is -2.50. The van der Waals surface area contributed by atoms with Crippen LogP contribution in [0.3, 0.4) is 0 Å². The minimum Gasteiger partial charge on any atom is -0.480 e. The molecular weight excluding hydrogens is 146 g/mol. The molecule has 0 amide bonds. The van der Waals surface area contributed by atoms with Gasteiger partial charge in [-0.1, -0.05) is 13.8 Å². The molecule has 0 heterocycles. The van der Waals surface area contributed by atoms with Crippen LogP contribution in [0.1, 0.15) is 20.3 Å². The normalized spacial score (nSPS) is 16.0. The van der Waals surface area contributed by atoms with Gasteiger partial charge in [0, 0.05) is 0 Å². The fourth-order valence-electron chi connectivity index (χ4n) is 0.861. The Balaban J connectivity index is 4.34. The molecule has 0 saturated carbocycles. The van der Waals surface area contributed by atoms with Crippen LogP contribution < -0.4 is 5.73 Å². The molecule has 11 heavy (non-hydrogen) atoms. The summed E-state index contributed by atoms with van der Waals surface area (Å²) in [6, 6.07) is 0. The van der Waals surface area contributed by atoms with Gasteiger partial charge in [0.2, 0.25) is 0 Å². The average Bonchev–Trinajstić information content (AvgIpc) is 1.86. The minimum atomic E-state index is -1.70. The molecule has 0 radical (unpaired) electrons. The Morgan fingerprint density at radius 1 is 1.73 bits per heavy atom. The first kappa shape index (κ1) is 10.1. The summed E-state index contributed by atoms with van der Waals surface area (Å²) >= 11 is 0. The van der Waals surface area contributed by atoms with Crippen LogP contribution in [0.5, 0.6) is 0 Å². The van der Waals surface area contributed by atoms with E-state index in [4.69, 9.17) is 10.8 Å². The van der Waals surface area contributed by atoms with Crippen LogP contribution in [0.25, 0.3) is 0 Å². The molecule has 4 heteroatoms. The van der Waals surface area contributed by atoms with Crippen molar-refractivity contribution in [3.8, 4) is 0 Å². The van der Waals surface area contributed by atoms with Gasteiger partial charge in [0.25, 0.3) is 0 Å². The van der Waals surface area contributed by atoms with Gasteiger partial charge >= 0.3 is 5.97 Å². The van der Waals surface area contributed by atoms with E-state index in [2.05, 4.69) is 0 Å². The quantitative estimate of drug-likeness (QED) is 0.447. The highest BCUT2D eigenvalue weighted by Gasteiger charge is 2.34. The van der Waals surface area contributed by atoms with Gasteiger partial charge in [-0.2, -0.15) is 0 Å². The molecule has 0 unspecified atom stereocenters. The van der Waals surface area contributed by atoms with Gasteiger partial charge in [0.15, 0.2) is 11.8 Å². The fourth-order valence-corrected chi connectivity index (χ4v) is 0.861. The summed E-state index contributed by atoms with van der Waals surface area (Å²) in [6.45, 7) is 3.63. The summed E-state index contributed by atoms with van der Waals surface area (Å²) in [7, 11) is 0. The van der Waals surface area contributed by atoms with Crippen LogP contribution in [0, 0.1) is 5.92 Å². The topological polar surface area (TPSA) is 80.4 Å². The molecule has 0 aliphatic carbocycles. The third kappa shape index (κ3) is 2.67. The molecule has 0 spiro atoms. The summed E-state index contributed by atoms with van der Waals surface area (Å²) in [6.07, 6.45) is 0.459. The van der Waals surface area contributed by atoms with Gasteiger partial charge in [0.1, 0.15) is 0 Å². The van der Waals surface area contributed by atoms with Gasteiger partial charge in [0.05, 0.1) is 0 Å². The number of nitrogens with two attached hydrogens (primary N) is 1. The molecule has 0 aromatic carbocycles. The number of carbonyl (C=O) groups is 2. The van der Waals surface area contributed by atoms with E-state index in [1.807, 2.05) is 13.8 Å². The van der Waals surface area contributed by atoms with Gasteiger partial charge in [-0.3, -0.25) is 0 Å². The van der Waals surface area contributed by atoms with Gasteiger partial charge in [-0.25, -0.2) is 4.79 Å². The number of carbonyl (C=O) groups excluding carboxylic acids is 1. The highest BCUT2D eigenvalue weighted by Crippen LogP contribution is 2.11. The first-order valence-electron chi connectivity index (χ1n) is 3.41. The van der Waals surface area contributed by atoms with Crippen molar-refractivity contribution in [3.05, 3.63) is 0 Å². The fraction of sp³-hybridized carbons (Fsp3) is 0.714. The Morgan fingerprint density at radius 3 is 2.27 bits per heavy atom. The highest BCUT2D eigenvalue weighted by atomic mass is 16.4. The van der Waals surface area contributed by atoms with Gasteiger partial charge < -0.3 is 15.6 Å². The van der Waals surface area contributed by atoms with Crippen molar-refractivity contribution >= 4 is 12.3 Å². The van der Waals surface area contributed by atoms with E-state index in [1.54, 1.807) is 0 Å². The number of carboxylic acids is 1. The maximum atomic E-state index is 10.4. The molecule has 0 bridgehead atoms. The van der Waals surface area contributed by atoms with Crippen molar-refractivity contribution in [2.24, 2.45) is 11.7 Å². The van der Waals surface area contributed by atoms with E-state index in [9.17, 15) is 9.59 Å². The summed E-state index contributed by atoms with van der Waals surface area (Å²) in [5, 5.41) is 8.53. The highest BCUT2D eigenvalue weighted by molar-refractivity contribution is 5.96. The molecule has 3 N–H and O–H groups in total. The van der Waals surface area contributed by atoms with Gasteiger partial charge in [-0.15, -0.1) is 0 Å². The van der Waals surface area contributed by atoms with E-state index in [0.29, 0.717) is 0 Å². The maximum absolute atomic E-state index is 10.4. The van der Waals surface area contributed by atoms with E-state index in [0.717, 1.165) is 0 Å². The molecular formula is C7H13NO3. The van der Waals surface area contributed by atoms with E-state index < -0.39 is 11.5 Å². The molecule has 64 valence electrons. The van der Waals surface area contributed by atoms with Crippen molar-refractivity contribution in [1.29, 1.82) is 0 Å². The van der Waals surface area contributed by atoms with Gasteiger partial charge in [-0.05, 0) is 12.3 Å². The Kier molecular flexibility index (Phi) is 3.19. The molecule has 0 aromatic rings. The van der Waals surface area contributed by atoms with Crippen LogP contribution in [-0.2, 0) is 9.59 Å². The summed E-state index contributed by atoms with van der Waals surface area (Å²) in [5.74, 6) is -1.16. The van der Waals surface area contributed by atoms with Crippen molar-refractivity contribution in [1.82, 2.24) is 0 Å². The lowest BCUT2D eigenvalue weighted by molar-refractivity contribution is -0.145. The first-order valence-corrected chi connectivity index (χ1v) is 3.41. The number of aliphatic carboxylic acids is 1. The second-order valence-electron chi connectivity index (χ2n) is 3.06. The van der Waals surface area contributed by atoms with Crippen LogP contribution in [0.2, 0.25) is 0 Å². The zero-order valence-corrected chi connectivity index (χ0v) is 6.70. The molecule has 0 aliphatic heterocycles. The number of carboxylic acid groups (broad SMARTS) is 1. The Hall–Kier alpha value is -0.900. The lowest BCUT2D eigenvalue weighted by Gasteiger charge is -2.19. The van der Waals surface area contributed by atoms with E-state index in [1.165, 1.54) is 0 Å². The third-order valence-electron chi connectivity index (χ3n) is 1.35. The zero-order chi connectivity index (χ0) is 9.07. The summed E-state index contributed by atoms with van der Waals surface area (Å²) < 4.78 is 0. The summed E-state index contributed by atoms with van der Waals surface area (Å²) in [5.41, 5.74) is 3.57. The molecule has 0 saturated heterocycles. The standard InChI is InChI=1S/C7H13NO3/c1-5(2)3-7(8,4-9)6(10)11/h4-5H,3,8H2,1-2H3,(H,10,11)/t7-/m1/s1. The Labute approximate surface area is 65.4 Å². The van der Waals surface area contributed by atoms with Crippen LogP contribution in [-0.4, -0.2) is 22.9 Å². The summed E-state index contributed by atoms with van der Waals surface area (Å²) in [4.78, 5) is 20.7. The molecule has 0 aliphatic rings. The second kappa shape index (κ2) is 3.48. The SMILES string of the molecule is CC(C)C[C@@](N)(C=O)C(=O)O. The van der Waals surface area contributed by atoms with Crippen LogP contribution >= 0.6 is 0 Å². The third-order valence-corrected chi connectivity index (χ3v) is 1.35. The largest absolute Gasteiger partial charge is 0.480 e. The Morgan fingerprint density at radius 2 is 2.18 bits per heavy atom. The van der Waals surface area contributed by atoms with Crippen molar-refractivity contribution in [3.63, 3.8) is 0 Å². The molecule has 0 fully saturated rings. The molecule has 4 nitrogen and oxygen atoms in total. The van der Waals surface area contributed by atoms with Crippen LogP contribution in [0.4, 0.5) is 0 Å². The van der Waals surface area contributed by atoms with Crippen molar-refractivity contribution < 1.29 is 14.7 Å². The monoisotopic (exact) mass is 159 g/mol. The minimum absolute atomic E-state index is 0.0984. The van der Waals surface area contributed by atoms with Crippen molar-refractivity contribution in [2.75, 3.05) is 0 Å². The number of hydrogen-bond acceptors (Lipinski definition) is 3. The van der Waals surface area contributed by atoms with Crippen LogP contribution in [0.15, 0.2) is 0 Å². The van der Waals surface area contributed by atoms with E-state index in [-0.39, 0.29) is 18.6 Å². The predicted molar refractivity (Wildman–Crippen MR) is 40.1 cm³/mol. The van der Waals surface area contributed by atoms with E-state index >= 15 is 0 Å². The number of hydrogen-bond donors (Lipinski definition) is 2. The second-order valence-corrected chi connectivity index (χ2v) is 3.06. The molecule has 0 aromatic heterocycles. The zero-order valence-electron chi connectivity index (χ0n) is 6.70.